The Morgan fingerprint density at radius 3 is 2.67 bits per heavy atom. The topological polar surface area (TPSA) is 57.8 Å². The van der Waals surface area contributed by atoms with Crippen molar-refractivity contribution in [3.05, 3.63) is 87.4 Å². The summed E-state index contributed by atoms with van der Waals surface area (Å²) < 4.78 is 0. The van der Waals surface area contributed by atoms with Crippen molar-refractivity contribution in [1.29, 1.82) is 0 Å². The molecular formula is C21H18ClN3OS. The molecule has 0 spiro atoms. The third-order valence-electron chi connectivity index (χ3n) is 4.46. The van der Waals surface area contributed by atoms with Crippen molar-refractivity contribution in [3.8, 4) is 10.4 Å². The van der Waals surface area contributed by atoms with Crippen molar-refractivity contribution in [3.63, 3.8) is 0 Å². The summed E-state index contributed by atoms with van der Waals surface area (Å²) in [6.45, 7) is 2.49. The van der Waals surface area contributed by atoms with Crippen molar-refractivity contribution in [1.82, 2.24) is 15.3 Å². The van der Waals surface area contributed by atoms with Crippen molar-refractivity contribution in [2.24, 2.45) is 0 Å². The van der Waals surface area contributed by atoms with Crippen LogP contribution in [-0.2, 0) is 6.54 Å². The van der Waals surface area contributed by atoms with Gasteiger partial charge in [-0.3, -0.25) is 4.79 Å². The fourth-order valence-electron chi connectivity index (χ4n) is 2.99. The van der Waals surface area contributed by atoms with Gasteiger partial charge in [-0.25, -0.2) is 4.98 Å². The summed E-state index contributed by atoms with van der Waals surface area (Å²) in [4.78, 5) is 21.8. The van der Waals surface area contributed by atoms with Crippen molar-refractivity contribution in [2.45, 2.75) is 19.5 Å². The van der Waals surface area contributed by atoms with Crippen LogP contribution in [0.5, 0.6) is 0 Å². The zero-order valence-corrected chi connectivity index (χ0v) is 16.3. The normalized spacial score (nSPS) is 12.4. The molecule has 0 saturated heterocycles. The summed E-state index contributed by atoms with van der Waals surface area (Å²) in [6, 6.07) is 19.7. The van der Waals surface area contributed by atoms with Gasteiger partial charge in [0.25, 0.3) is 5.56 Å². The van der Waals surface area contributed by atoms with E-state index in [0.717, 1.165) is 25.9 Å². The van der Waals surface area contributed by atoms with Crippen molar-refractivity contribution in [2.75, 3.05) is 0 Å². The number of thiophene rings is 1. The molecule has 2 heterocycles. The van der Waals surface area contributed by atoms with Gasteiger partial charge in [0.2, 0.25) is 0 Å². The van der Waals surface area contributed by atoms with Crippen molar-refractivity contribution >= 4 is 33.2 Å². The van der Waals surface area contributed by atoms with Crippen LogP contribution in [0.1, 0.15) is 24.4 Å². The van der Waals surface area contributed by atoms with Gasteiger partial charge in [0.15, 0.2) is 0 Å². The van der Waals surface area contributed by atoms with Crippen LogP contribution >= 0.6 is 22.9 Å². The number of nitrogens with zero attached hydrogens (tertiary/aromatic N) is 1. The lowest BCUT2D eigenvalue weighted by molar-refractivity contribution is 0.560. The van der Waals surface area contributed by atoms with E-state index in [4.69, 9.17) is 11.6 Å². The maximum atomic E-state index is 12.5. The van der Waals surface area contributed by atoms with Gasteiger partial charge >= 0.3 is 0 Å². The van der Waals surface area contributed by atoms with Crippen LogP contribution < -0.4 is 10.9 Å². The van der Waals surface area contributed by atoms with E-state index in [1.165, 1.54) is 11.3 Å². The molecule has 1 atom stereocenters. The monoisotopic (exact) mass is 395 g/mol. The minimum Gasteiger partial charge on any atom is -0.309 e. The predicted octanol–water partition coefficient (Wildman–Crippen LogP) is 5.16. The molecule has 0 unspecified atom stereocenters. The Hall–Kier alpha value is -2.47. The molecule has 0 aliphatic heterocycles. The fourth-order valence-corrected chi connectivity index (χ4v) is 4.35. The van der Waals surface area contributed by atoms with E-state index < -0.39 is 0 Å². The summed E-state index contributed by atoms with van der Waals surface area (Å²) in [5.41, 5.74) is 2.00. The second-order valence-electron chi connectivity index (χ2n) is 6.33. The van der Waals surface area contributed by atoms with Crippen molar-refractivity contribution < 1.29 is 0 Å². The van der Waals surface area contributed by atoms with Crippen LogP contribution in [0.3, 0.4) is 0 Å². The number of aromatic nitrogens is 2. The quantitative estimate of drug-likeness (QED) is 0.491. The first kappa shape index (κ1) is 17.9. The number of halogens is 1. The second-order valence-corrected chi connectivity index (χ2v) is 7.77. The van der Waals surface area contributed by atoms with Gasteiger partial charge in [-0.05, 0) is 30.2 Å². The molecule has 2 aromatic carbocycles. The predicted molar refractivity (Wildman–Crippen MR) is 112 cm³/mol. The molecule has 136 valence electrons. The minimum absolute atomic E-state index is 0.0444. The van der Waals surface area contributed by atoms with Crippen LogP contribution in [0.15, 0.2) is 65.5 Å². The molecule has 27 heavy (non-hydrogen) atoms. The molecule has 0 radical (unpaired) electrons. The first-order valence-corrected chi connectivity index (χ1v) is 9.87. The van der Waals surface area contributed by atoms with Gasteiger partial charge in [0.05, 0.1) is 11.9 Å². The van der Waals surface area contributed by atoms with E-state index in [1.807, 2.05) is 67.6 Å². The number of fused-ring (bicyclic) bond motifs is 1. The largest absolute Gasteiger partial charge is 0.309 e. The number of rotatable bonds is 5. The van der Waals surface area contributed by atoms with Crippen LogP contribution in [0.2, 0.25) is 5.02 Å². The molecule has 6 heteroatoms. The van der Waals surface area contributed by atoms with Gasteiger partial charge in [-0.2, -0.15) is 0 Å². The Balaban J connectivity index is 1.58. The molecule has 2 aromatic heterocycles. The smallest absolute Gasteiger partial charge is 0.259 e. The molecule has 4 nitrogen and oxygen atoms in total. The lowest BCUT2D eigenvalue weighted by Crippen LogP contribution is -2.22. The highest BCUT2D eigenvalue weighted by Gasteiger charge is 2.12. The molecule has 0 amide bonds. The van der Waals surface area contributed by atoms with E-state index in [1.54, 1.807) is 0 Å². The van der Waals surface area contributed by atoms with Crippen LogP contribution in [0, 0.1) is 0 Å². The average molecular weight is 396 g/mol. The SMILES string of the molecule is C[C@H](NCc1nc2sc(-c3ccccc3)cc2c(=O)[nH]1)c1ccccc1Cl. The lowest BCUT2D eigenvalue weighted by atomic mass is 10.1. The fraction of sp³-hybridized carbons (Fsp3) is 0.143. The Morgan fingerprint density at radius 1 is 1.15 bits per heavy atom. The summed E-state index contributed by atoms with van der Waals surface area (Å²) in [7, 11) is 0. The molecule has 0 aliphatic carbocycles. The number of nitrogens with one attached hydrogen (secondary N) is 2. The minimum atomic E-state index is -0.111. The van der Waals surface area contributed by atoms with Crippen LogP contribution in [0.25, 0.3) is 20.7 Å². The maximum Gasteiger partial charge on any atom is 0.259 e. The van der Waals surface area contributed by atoms with Crippen LogP contribution in [-0.4, -0.2) is 9.97 Å². The van der Waals surface area contributed by atoms with E-state index in [0.29, 0.717) is 17.8 Å². The Morgan fingerprint density at radius 2 is 1.89 bits per heavy atom. The highest BCUT2D eigenvalue weighted by atomic mass is 35.5. The summed E-state index contributed by atoms with van der Waals surface area (Å²) >= 11 is 7.79. The third kappa shape index (κ3) is 3.81. The highest BCUT2D eigenvalue weighted by Crippen LogP contribution is 2.30. The standard InChI is InChI=1S/C21H18ClN3OS/c1-13(15-9-5-6-10-17(15)22)23-12-19-24-20(26)16-11-18(27-21(16)25-19)14-7-3-2-4-8-14/h2-11,13,23H,12H2,1H3,(H,24,25,26)/t13-/m0/s1. The molecule has 0 fully saturated rings. The van der Waals surface area contributed by atoms with Crippen LogP contribution in [0.4, 0.5) is 0 Å². The summed E-state index contributed by atoms with van der Waals surface area (Å²) in [5, 5.41) is 4.72. The van der Waals surface area contributed by atoms with E-state index >= 15 is 0 Å². The van der Waals surface area contributed by atoms with E-state index in [9.17, 15) is 4.79 Å². The molecule has 0 bridgehead atoms. The molecule has 0 saturated carbocycles. The Kier molecular flexibility index (Phi) is 5.07. The number of benzene rings is 2. The molecule has 0 aliphatic rings. The molecular weight excluding hydrogens is 378 g/mol. The zero-order valence-electron chi connectivity index (χ0n) is 14.7. The maximum absolute atomic E-state index is 12.5. The summed E-state index contributed by atoms with van der Waals surface area (Å²) in [6.07, 6.45) is 0. The number of hydrogen-bond acceptors (Lipinski definition) is 4. The first-order chi connectivity index (χ1) is 13.1. The number of aromatic amines is 1. The average Bonchev–Trinajstić information content (AvgIpc) is 3.12. The van der Waals surface area contributed by atoms with E-state index in [-0.39, 0.29) is 11.6 Å². The highest BCUT2D eigenvalue weighted by molar-refractivity contribution is 7.21. The third-order valence-corrected chi connectivity index (χ3v) is 5.88. The van der Waals surface area contributed by atoms with Gasteiger partial charge in [0, 0.05) is 15.9 Å². The number of hydrogen-bond donors (Lipinski definition) is 2. The Labute approximate surface area is 165 Å². The first-order valence-electron chi connectivity index (χ1n) is 8.68. The molecule has 4 aromatic rings. The van der Waals surface area contributed by atoms with Gasteiger partial charge in [-0.1, -0.05) is 60.1 Å². The lowest BCUT2D eigenvalue weighted by Gasteiger charge is -2.15. The van der Waals surface area contributed by atoms with E-state index in [2.05, 4.69) is 15.3 Å². The zero-order chi connectivity index (χ0) is 18.8. The summed E-state index contributed by atoms with van der Waals surface area (Å²) in [5.74, 6) is 0.618. The molecule has 4 rings (SSSR count). The molecule has 2 N–H and O–H groups in total. The van der Waals surface area contributed by atoms with Gasteiger partial charge in [-0.15, -0.1) is 11.3 Å². The number of H-pyrrole nitrogens is 1. The second kappa shape index (κ2) is 7.64. The Bertz CT molecular complexity index is 1140. The van der Waals surface area contributed by atoms with Gasteiger partial charge < -0.3 is 10.3 Å². The van der Waals surface area contributed by atoms with Gasteiger partial charge in [0.1, 0.15) is 10.7 Å².